The van der Waals surface area contributed by atoms with E-state index in [1.165, 1.54) is 25.7 Å². The lowest BCUT2D eigenvalue weighted by molar-refractivity contribution is 0.624. The van der Waals surface area contributed by atoms with E-state index in [1.54, 1.807) is 0 Å². The summed E-state index contributed by atoms with van der Waals surface area (Å²) in [7, 11) is 0. The molecule has 1 aliphatic carbocycles. The van der Waals surface area contributed by atoms with Gasteiger partial charge in [0.1, 0.15) is 0 Å². The minimum absolute atomic E-state index is 0.304. The smallest absolute Gasteiger partial charge is 0.231 e. The molecule has 0 amide bonds. The van der Waals surface area contributed by atoms with Crippen molar-refractivity contribution in [1.29, 1.82) is 0 Å². The largest absolute Gasteiger partial charge is 0.341 e. The van der Waals surface area contributed by atoms with Crippen LogP contribution in [0.3, 0.4) is 0 Å². The first-order chi connectivity index (χ1) is 9.63. The van der Waals surface area contributed by atoms with Crippen LogP contribution in [-0.4, -0.2) is 40.6 Å². The fraction of sp³-hybridized carbons (Fsp3) is 0.786. The summed E-state index contributed by atoms with van der Waals surface area (Å²) in [6.45, 7) is 7.41. The minimum atomic E-state index is 0.304. The Hall–Kier alpha value is -1.10. The molecule has 0 aromatic carbocycles. The molecule has 2 heterocycles. The molecule has 1 aromatic rings. The Balaban J connectivity index is 1.85. The van der Waals surface area contributed by atoms with Gasteiger partial charge in [-0.15, -0.1) is 0 Å². The predicted octanol–water partition coefficient (Wildman–Crippen LogP) is 2.75. The van der Waals surface area contributed by atoms with Crippen molar-refractivity contribution in [3.8, 4) is 0 Å². The Morgan fingerprint density at radius 3 is 2.50 bits per heavy atom. The van der Waals surface area contributed by atoms with Gasteiger partial charge in [-0.3, -0.25) is 0 Å². The summed E-state index contributed by atoms with van der Waals surface area (Å²) in [4.78, 5) is 17.8. The van der Waals surface area contributed by atoms with Gasteiger partial charge in [-0.2, -0.15) is 15.0 Å². The number of rotatable bonds is 5. The Bertz CT molecular complexity index is 469. The second-order valence-corrected chi connectivity index (χ2v) is 6.43. The molecular weight excluding hydrogens is 274 g/mol. The van der Waals surface area contributed by atoms with E-state index in [4.69, 9.17) is 11.6 Å². The maximum atomic E-state index is 6.11. The third-order valence-electron chi connectivity index (χ3n) is 4.01. The molecule has 1 saturated heterocycles. The molecular formula is C14H22ClN5. The number of hydrogen-bond donors (Lipinski definition) is 0. The number of nitrogens with zero attached hydrogens (tertiary/aromatic N) is 5. The quantitative estimate of drug-likeness (QED) is 0.836. The lowest BCUT2D eigenvalue weighted by Gasteiger charge is -2.27. The van der Waals surface area contributed by atoms with Crippen molar-refractivity contribution in [3.63, 3.8) is 0 Å². The van der Waals surface area contributed by atoms with E-state index < -0.39 is 0 Å². The highest BCUT2D eigenvalue weighted by Crippen LogP contribution is 2.32. The van der Waals surface area contributed by atoms with Crippen LogP contribution in [0.5, 0.6) is 0 Å². The second kappa shape index (κ2) is 5.72. The highest BCUT2D eigenvalue weighted by Gasteiger charge is 2.28. The van der Waals surface area contributed by atoms with Crippen molar-refractivity contribution in [3.05, 3.63) is 5.28 Å². The molecule has 2 aliphatic rings. The number of anilines is 2. The summed E-state index contributed by atoms with van der Waals surface area (Å²) in [5, 5.41) is 0.304. The Morgan fingerprint density at radius 1 is 1.20 bits per heavy atom. The Morgan fingerprint density at radius 2 is 1.90 bits per heavy atom. The van der Waals surface area contributed by atoms with Crippen LogP contribution in [0.1, 0.15) is 39.5 Å². The average molecular weight is 296 g/mol. The molecule has 110 valence electrons. The van der Waals surface area contributed by atoms with E-state index in [9.17, 15) is 0 Å². The third kappa shape index (κ3) is 3.14. The molecule has 0 N–H and O–H groups in total. The van der Waals surface area contributed by atoms with Gasteiger partial charge in [0.05, 0.1) is 0 Å². The fourth-order valence-corrected chi connectivity index (χ4v) is 2.77. The van der Waals surface area contributed by atoms with E-state index in [1.807, 2.05) is 0 Å². The molecule has 0 bridgehead atoms. The van der Waals surface area contributed by atoms with E-state index in [-0.39, 0.29) is 0 Å². The molecule has 0 unspecified atom stereocenters. The number of aromatic nitrogens is 3. The van der Waals surface area contributed by atoms with Crippen LogP contribution in [-0.2, 0) is 0 Å². The minimum Gasteiger partial charge on any atom is -0.341 e. The molecule has 5 nitrogen and oxygen atoms in total. The van der Waals surface area contributed by atoms with Gasteiger partial charge in [-0.25, -0.2) is 0 Å². The van der Waals surface area contributed by atoms with E-state index in [0.717, 1.165) is 37.4 Å². The predicted molar refractivity (Wildman–Crippen MR) is 81.5 cm³/mol. The summed E-state index contributed by atoms with van der Waals surface area (Å²) >= 11 is 6.11. The number of hydrogen-bond acceptors (Lipinski definition) is 5. The Labute approximate surface area is 125 Å². The zero-order valence-corrected chi connectivity index (χ0v) is 13.0. The van der Waals surface area contributed by atoms with Gasteiger partial charge in [0.25, 0.3) is 0 Å². The normalized spacial score (nSPS) is 18.9. The van der Waals surface area contributed by atoms with Gasteiger partial charge in [-0.05, 0) is 57.0 Å². The molecule has 0 atom stereocenters. The SMILES string of the molecule is CC(C)N(CC1CC1)c1nc(Cl)nc(N2CCCC2)n1. The maximum absolute atomic E-state index is 6.11. The summed E-state index contributed by atoms with van der Waals surface area (Å²) in [5.41, 5.74) is 0. The summed E-state index contributed by atoms with van der Waals surface area (Å²) in [6.07, 6.45) is 5.05. The van der Waals surface area contributed by atoms with Gasteiger partial charge in [0, 0.05) is 25.7 Å². The molecule has 1 saturated carbocycles. The zero-order valence-electron chi connectivity index (χ0n) is 12.2. The molecule has 20 heavy (non-hydrogen) atoms. The summed E-state index contributed by atoms with van der Waals surface area (Å²) in [6, 6.07) is 0.375. The molecule has 0 radical (unpaired) electrons. The van der Waals surface area contributed by atoms with Crippen LogP contribution in [0.2, 0.25) is 5.28 Å². The molecule has 0 spiro atoms. The molecule has 3 rings (SSSR count). The van der Waals surface area contributed by atoms with Gasteiger partial charge in [-0.1, -0.05) is 0 Å². The summed E-state index contributed by atoms with van der Waals surface area (Å²) < 4.78 is 0. The van der Waals surface area contributed by atoms with Crippen LogP contribution in [0.4, 0.5) is 11.9 Å². The van der Waals surface area contributed by atoms with Crippen molar-refractivity contribution in [2.24, 2.45) is 5.92 Å². The number of halogens is 1. The van der Waals surface area contributed by atoms with Crippen LogP contribution in [0.25, 0.3) is 0 Å². The van der Waals surface area contributed by atoms with Gasteiger partial charge in [0.2, 0.25) is 17.2 Å². The van der Waals surface area contributed by atoms with E-state index in [0.29, 0.717) is 11.3 Å². The van der Waals surface area contributed by atoms with Gasteiger partial charge in [0.15, 0.2) is 0 Å². The summed E-state index contributed by atoms with van der Waals surface area (Å²) in [5.74, 6) is 2.26. The van der Waals surface area contributed by atoms with Crippen molar-refractivity contribution < 1.29 is 0 Å². The maximum Gasteiger partial charge on any atom is 0.231 e. The lowest BCUT2D eigenvalue weighted by Crippen LogP contribution is -2.35. The fourth-order valence-electron chi connectivity index (χ4n) is 2.62. The van der Waals surface area contributed by atoms with Crippen molar-refractivity contribution >= 4 is 23.5 Å². The second-order valence-electron chi connectivity index (χ2n) is 6.09. The lowest BCUT2D eigenvalue weighted by atomic mass is 10.3. The van der Waals surface area contributed by atoms with Crippen molar-refractivity contribution in [2.75, 3.05) is 29.4 Å². The van der Waals surface area contributed by atoms with Crippen LogP contribution < -0.4 is 9.80 Å². The standard InChI is InChI=1S/C14H22ClN5/c1-10(2)20(9-11-5-6-11)14-17-12(15)16-13(18-14)19-7-3-4-8-19/h10-11H,3-9H2,1-2H3. The van der Waals surface area contributed by atoms with Crippen LogP contribution in [0.15, 0.2) is 0 Å². The van der Waals surface area contributed by atoms with Crippen LogP contribution in [0, 0.1) is 5.92 Å². The highest BCUT2D eigenvalue weighted by atomic mass is 35.5. The molecule has 1 aliphatic heterocycles. The molecule has 6 heteroatoms. The molecule has 2 fully saturated rings. The third-order valence-corrected chi connectivity index (χ3v) is 4.17. The highest BCUT2D eigenvalue weighted by molar-refractivity contribution is 6.28. The van der Waals surface area contributed by atoms with Crippen LogP contribution >= 0.6 is 11.6 Å². The topological polar surface area (TPSA) is 45.2 Å². The van der Waals surface area contributed by atoms with Crippen molar-refractivity contribution in [1.82, 2.24) is 15.0 Å². The Kier molecular flexibility index (Phi) is 3.96. The van der Waals surface area contributed by atoms with Gasteiger partial charge >= 0.3 is 0 Å². The first-order valence-electron chi connectivity index (χ1n) is 7.56. The monoisotopic (exact) mass is 295 g/mol. The van der Waals surface area contributed by atoms with Gasteiger partial charge < -0.3 is 9.80 Å². The molecule has 1 aromatic heterocycles. The first-order valence-corrected chi connectivity index (χ1v) is 7.94. The first kappa shape index (κ1) is 13.9. The van der Waals surface area contributed by atoms with E-state index >= 15 is 0 Å². The average Bonchev–Trinajstić information content (AvgIpc) is 3.05. The van der Waals surface area contributed by atoms with E-state index in [2.05, 4.69) is 38.6 Å². The zero-order chi connectivity index (χ0) is 14.1. The van der Waals surface area contributed by atoms with Crippen molar-refractivity contribution in [2.45, 2.75) is 45.6 Å².